The number of amides is 1. The van der Waals surface area contributed by atoms with E-state index in [1.165, 1.54) is 12.1 Å². The van der Waals surface area contributed by atoms with Gasteiger partial charge in [-0.05, 0) is 35.9 Å². The van der Waals surface area contributed by atoms with E-state index in [1.807, 2.05) is 41.1 Å². The van der Waals surface area contributed by atoms with Crippen molar-refractivity contribution in [3.05, 3.63) is 58.9 Å². The monoisotopic (exact) mass is 403 g/mol. The van der Waals surface area contributed by atoms with Crippen molar-refractivity contribution in [1.82, 2.24) is 9.80 Å². The minimum absolute atomic E-state index is 0.0221. The maximum absolute atomic E-state index is 13.0. The molecule has 1 atom stereocenters. The van der Waals surface area contributed by atoms with E-state index in [2.05, 4.69) is 4.90 Å². The van der Waals surface area contributed by atoms with Crippen LogP contribution in [0.5, 0.6) is 5.75 Å². The van der Waals surface area contributed by atoms with Crippen molar-refractivity contribution in [3.8, 4) is 5.75 Å². The molecule has 2 heterocycles. The number of halogens is 2. The normalized spacial score (nSPS) is 19.9. The largest absolute Gasteiger partial charge is 0.477 e. The summed E-state index contributed by atoms with van der Waals surface area (Å²) in [5.41, 5.74) is 1.98. The van der Waals surface area contributed by atoms with Gasteiger partial charge in [-0.1, -0.05) is 23.7 Å². The Morgan fingerprint density at radius 3 is 2.57 bits per heavy atom. The van der Waals surface area contributed by atoms with E-state index in [9.17, 15) is 9.18 Å². The molecule has 0 N–H and O–H groups in total. The van der Waals surface area contributed by atoms with Crippen LogP contribution >= 0.6 is 11.6 Å². The molecule has 28 heavy (non-hydrogen) atoms. The summed E-state index contributed by atoms with van der Waals surface area (Å²) in [6, 6.07) is 12.0. The third-order valence-electron chi connectivity index (χ3n) is 5.32. The average Bonchev–Trinajstić information content (AvgIpc) is 2.70. The van der Waals surface area contributed by atoms with Crippen molar-refractivity contribution in [1.29, 1.82) is 0 Å². The molecule has 4 rings (SSSR count). The van der Waals surface area contributed by atoms with Crippen molar-refractivity contribution in [2.45, 2.75) is 12.6 Å². The molecule has 0 aromatic heterocycles. The molecule has 0 bridgehead atoms. The zero-order valence-electron chi connectivity index (χ0n) is 15.8. The second kappa shape index (κ2) is 7.97. The summed E-state index contributed by atoms with van der Waals surface area (Å²) in [7, 11) is 1.94. The smallest absolute Gasteiger partial charge is 0.265 e. The number of hydrogen-bond donors (Lipinski definition) is 0. The molecular formula is C21H23ClFN3O2. The first-order valence-corrected chi connectivity index (χ1v) is 9.80. The summed E-state index contributed by atoms with van der Waals surface area (Å²) in [4.78, 5) is 19.1. The lowest BCUT2D eigenvalue weighted by atomic mass is 10.1. The topological polar surface area (TPSA) is 36.0 Å². The Balaban J connectivity index is 1.34. The quantitative estimate of drug-likeness (QED) is 0.789. The highest BCUT2D eigenvalue weighted by Crippen LogP contribution is 2.35. The second-order valence-corrected chi connectivity index (χ2v) is 7.76. The molecule has 5 nitrogen and oxygen atoms in total. The summed E-state index contributed by atoms with van der Waals surface area (Å²) in [6.07, 6.45) is -0.512. The lowest BCUT2D eigenvalue weighted by molar-refractivity contribution is -0.140. The van der Waals surface area contributed by atoms with E-state index >= 15 is 0 Å². The van der Waals surface area contributed by atoms with Crippen LogP contribution in [0.4, 0.5) is 10.1 Å². The van der Waals surface area contributed by atoms with Crippen molar-refractivity contribution < 1.29 is 13.9 Å². The van der Waals surface area contributed by atoms with Crippen LogP contribution in [0.2, 0.25) is 5.02 Å². The number of likely N-dealkylation sites (N-methyl/N-ethyl adjacent to an activating group) is 1. The fourth-order valence-electron chi connectivity index (χ4n) is 3.73. The molecule has 2 aliphatic rings. The summed E-state index contributed by atoms with van der Waals surface area (Å²) < 4.78 is 19.0. The third-order valence-corrected chi connectivity index (χ3v) is 5.56. The number of hydrogen-bond acceptors (Lipinski definition) is 4. The Morgan fingerprint density at radius 1 is 1.14 bits per heavy atom. The molecule has 1 amide bonds. The molecule has 0 saturated carbocycles. The van der Waals surface area contributed by atoms with Crippen LogP contribution in [0.15, 0.2) is 42.5 Å². The Labute approximate surface area is 169 Å². The Kier molecular flexibility index (Phi) is 5.42. The molecule has 1 unspecified atom stereocenters. The van der Waals surface area contributed by atoms with Gasteiger partial charge < -0.3 is 14.5 Å². The number of carbonyl (C=O) groups excluding carboxylic acids is 1. The maximum Gasteiger partial charge on any atom is 0.265 e. The standard InChI is InChI=1S/C21H23ClFN3O2/c1-24-14-20(28-19-7-4-16(22)12-18(19)24)21(27)26-10-8-25(9-11-26)13-15-2-5-17(23)6-3-15/h2-7,12,20H,8-11,13-14H2,1H3. The number of carbonyl (C=O) groups is 1. The summed E-state index contributed by atoms with van der Waals surface area (Å²) in [5.74, 6) is 0.487. The zero-order chi connectivity index (χ0) is 19.7. The van der Waals surface area contributed by atoms with E-state index in [1.54, 1.807) is 6.07 Å². The minimum Gasteiger partial charge on any atom is -0.477 e. The number of ether oxygens (including phenoxy) is 1. The van der Waals surface area contributed by atoms with Gasteiger partial charge in [-0.3, -0.25) is 9.69 Å². The Bertz CT molecular complexity index is 853. The first-order valence-electron chi connectivity index (χ1n) is 9.42. The molecule has 2 aromatic carbocycles. The van der Waals surface area contributed by atoms with Crippen LogP contribution < -0.4 is 9.64 Å². The average molecular weight is 404 g/mol. The first kappa shape index (κ1) is 19.0. The highest BCUT2D eigenvalue weighted by molar-refractivity contribution is 6.31. The number of anilines is 1. The number of nitrogens with zero attached hydrogens (tertiary/aromatic N) is 3. The lowest BCUT2D eigenvalue weighted by Crippen LogP contribution is -2.55. The molecule has 2 aliphatic heterocycles. The van der Waals surface area contributed by atoms with Gasteiger partial charge in [0.1, 0.15) is 11.6 Å². The lowest BCUT2D eigenvalue weighted by Gasteiger charge is -2.39. The molecule has 0 spiro atoms. The Morgan fingerprint density at radius 2 is 1.86 bits per heavy atom. The van der Waals surface area contributed by atoms with Gasteiger partial charge in [0, 0.05) is 44.8 Å². The van der Waals surface area contributed by atoms with Crippen molar-refractivity contribution in [3.63, 3.8) is 0 Å². The summed E-state index contributed by atoms with van der Waals surface area (Å²) in [6.45, 7) is 4.17. The molecule has 1 fully saturated rings. The van der Waals surface area contributed by atoms with Gasteiger partial charge in [0.15, 0.2) is 6.10 Å². The van der Waals surface area contributed by atoms with Crippen LogP contribution in [-0.4, -0.2) is 61.6 Å². The van der Waals surface area contributed by atoms with Crippen LogP contribution in [-0.2, 0) is 11.3 Å². The van der Waals surface area contributed by atoms with E-state index in [-0.39, 0.29) is 11.7 Å². The number of fused-ring (bicyclic) bond motifs is 1. The summed E-state index contributed by atoms with van der Waals surface area (Å²) in [5, 5.41) is 0.649. The highest BCUT2D eigenvalue weighted by Gasteiger charge is 2.33. The highest BCUT2D eigenvalue weighted by atomic mass is 35.5. The van der Waals surface area contributed by atoms with Gasteiger partial charge in [-0.15, -0.1) is 0 Å². The van der Waals surface area contributed by atoms with Gasteiger partial charge in [-0.25, -0.2) is 4.39 Å². The predicted octanol–water partition coefficient (Wildman–Crippen LogP) is 3.02. The van der Waals surface area contributed by atoms with Crippen LogP contribution in [0.25, 0.3) is 0 Å². The first-order chi connectivity index (χ1) is 13.5. The van der Waals surface area contributed by atoms with E-state index < -0.39 is 6.10 Å². The van der Waals surface area contributed by atoms with E-state index in [0.29, 0.717) is 30.4 Å². The van der Waals surface area contributed by atoms with Gasteiger partial charge in [0.05, 0.1) is 12.2 Å². The number of piperazine rings is 1. The second-order valence-electron chi connectivity index (χ2n) is 7.33. The van der Waals surface area contributed by atoms with Crippen LogP contribution in [0.1, 0.15) is 5.56 Å². The van der Waals surface area contributed by atoms with Gasteiger partial charge in [0.25, 0.3) is 5.91 Å². The van der Waals surface area contributed by atoms with Crippen molar-refractivity contribution >= 4 is 23.2 Å². The molecule has 0 aliphatic carbocycles. The van der Waals surface area contributed by atoms with E-state index in [0.717, 1.165) is 30.9 Å². The molecular weight excluding hydrogens is 381 g/mol. The summed E-state index contributed by atoms with van der Waals surface area (Å²) >= 11 is 6.06. The fraction of sp³-hybridized carbons (Fsp3) is 0.381. The van der Waals surface area contributed by atoms with Gasteiger partial charge in [0.2, 0.25) is 0 Å². The zero-order valence-corrected chi connectivity index (χ0v) is 16.5. The number of benzene rings is 2. The molecule has 0 radical (unpaired) electrons. The minimum atomic E-state index is -0.512. The van der Waals surface area contributed by atoms with Gasteiger partial charge >= 0.3 is 0 Å². The molecule has 1 saturated heterocycles. The van der Waals surface area contributed by atoms with Crippen LogP contribution in [0, 0.1) is 5.82 Å². The van der Waals surface area contributed by atoms with Crippen molar-refractivity contribution in [2.75, 3.05) is 44.7 Å². The SMILES string of the molecule is CN1CC(C(=O)N2CCN(Cc3ccc(F)cc3)CC2)Oc2ccc(Cl)cc21. The van der Waals surface area contributed by atoms with E-state index in [4.69, 9.17) is 16.3 Å². The Hall–Kier alpha value is -2.31. The predicted molar refractivity (Wildman–Crippen MR) is 107 cm³/mol. The third kappa shape index (κ3) is 4.08. The molecule has 7 heteroatoms. The fourth-order valence-corrected chi connectivity index (χ4v) is 3.90. The molecule has 148 valence electrons. The van der Waals surface area contributed by atoms with Crippen LogP contribution in [0.3, 0.4) is 0 Å². The maximum atomic E-state index is 13.0. The van der Waals surface area contributed by atoms with Gasteiger partial charge in [-0.2, -0.15) is 0 Å². The van der Waals surface area contributed by atoms with Crippen molar-refractivity contribution in [2.24, 2.45) is 0 Å². The number of rotatable bonds is 3. The molecule has 2 aromatic rings.